The zero-order valence-corrected chi connectivity index (χ0v) is 19.0. The van der Waals surface area contributed by atoms with Gasteiger partial charge in [0.05, 0.1) is 6.54 Å². The Balaban J connectivity index is 1.74. The number of para-hydroxylation sites is 1. The van der Waals surface area contributed by atoms with E-state index in [2.05, 4.69) is 83.4 Å². The van der Waals surface area contributed by atoms with Crippen LogP contribution in [0.1, 0.15) is 34.1 Å². The first-order valence-corrected chi connectivity index (χ1v) is 11.5. The van der Waals surface area contributed by atoms with Gasteiger partial charge >= 0.3 is 0 Å². The number of anilines is 1. The molecule has 0 bridgehead atoms. The minimum absolute atomic E-state index is 0.484. The molecule has 1 aliphatic heterocycles. The van der Waals surface area contributed by atoms with Gasteiger partial charge in [0.2, 0.25) is 0 Å². The molecule has 1 aromatic carbocycles. The molecule has 0 aromatic heterocycles. The molecule has 6 nitrogen and oxygen atoms in total. The quantitative estimate of drug-likeness (QED) is 0.338. The van der Waals surface area contributed by atoms with Crippen molar-refractivity contribution in [1.29, 1.82) is 0 Å². The highest BCUT2D eigenvalue weighted by atomic mass is 15.3. The van der Waals surface area contributed by atoms with E-state index < -0.39 is 0 Å². The van der Waals surface area contributed by atoms with Crippen LogP contribution >= 0.6 is 0 Å². The van der Waals surface area contributed by atoms with Gasteiger partial charge in [-0.05, 0) is 45.9 Å². The van der Waals surface area contributed by atoms with Crippen molar-refractivity contribution in [3.63, 3.8) is 0 Å². The molecular weight excluding hydrogens is 360 g/mol. The van der Waals surface area contributed by atoms with E-state index in [1.54, 1.807) is 0 Å². The van der Waals surface area contributed by atoms with Gasteiger partial charge in [-0.15, -0.1) is 0 Å². The van der Waals surface area contributed by atoms with E-state index in [9.17, 15) is 0 Å². The number of aliphatic imine (C=N–C) groups is 1. The summed E-state index contributed by atoms with van der Waals surface area (Å²) in [5, 5.41) is 6.90. The van der Waals surface area contributed by atoms with E-state index in [1.165, 1.54) is 18.8 Å². The Kier molecular flexibility index (Phi) is 10.9. The SMILES string of the molecule is CCNC(=NCC(C)N1CCN(CC)CC1)NCCCN(CC)c1ccccc1. The molecule has 1 saturated heterocycles. The second kappa shape index (κ2) is 13.4. The molecule has 2 N–H and O–H groups in total. The van der Waals surface area contributed by atoms with Crippen LogP contribution in [0, 0.1) is 0 Å². The summed E-state index contributed by atoms with van der Waals surface area (Å²) in [5.74, 6) is 0.939. The van der Waals surface area contributed by atoms with E-state index in [0.717, 1.165) is 64.7 Å². The van der Waals surface area contributed by atoms with Gasteiger partial charge in [0.15, 0.2) is 5.96 Å². The van der Waals surface area contributed by atoms with Crippen molar-refractivity contribution in [2.24, 2.45) is 4.99 Å². The highest BCUT2D eigenvalue weighted by Crippen LogP contribution is 2.12. The number of nitrogens with one attached hydrogen (secondary N) is 2. The van der Waals surface area contributed by atoms with E-state index in [-0.39, 0.29) is 0 Å². The molecule has 0 spiro atoms. The van der Waals surface area contributed by atoms with E-state index >= 15 is 0 Å². The molecule has 1 unspecified atom stereocenters. The molecule has 29 heavy (non-hydrogen) atoms. The van der Waals surface area contributed by atoms with Gasteiger partial charge in [0, 0.05) is 64.1 Å². The normalized spacial score (nSPS) is 17.2. The number of piperazine rings is 1. The third kappa shape index (κ3) is 8.23. The Hall–Kier alpha value is -1.79. The topological polar surface area (TPSA) is 46.1 Å². The van der Waals surface area contributed by atoms with Crippen molar-refractivity contribution in [3.05, 3.63) is 30.3 Å². The second-order valence-corrected chi connectivity index (χ2v) is 7.73. The molecule has 0 amide bonds. The minimum Gasteiger partial charge on any atom is -0.372 e. The number of benzene rings is 1. The van der Waals surface area contributed by atoms with Crippen molar-refractivity contribution in [2.75, 3.05) is 70.3 Å². The molecule has 1 aromatic rings. The summed E-state index contributed by atoms with van der Waals surface area (Å²) in [6.45, 7) is 19.4. The molecule has 6 heteroatoms. The van der Waals surface area contributed by atoms with Gasteiger partial charge < -0.3 is 20.4 Å². The van der Waals surface area contributed by atoms with Gasteiger partial charge in [0.25, 0.3) is 0 Å². The zero-order valence-electron chi connectivity index (χ0n) is 19.0. The van der Waals surface area contributed by atoms with E-state index in [1.807, 2.05) is 0 Å². The van der Waals surface area contributed by atoms with E-state index in [0.29, 0.717) is 6.04 Å². The first-order valence-electron chi connectivity index (χ1n) is 11.5. The smallest absolute Gasteiger partial charge is 0.191 e. The summed E-state index contributed by atoms with van der Waals surface area (Å²) in [4.78, 5) is 12.4. The average molecular weight is 403 g/mol. The van der Waals surface area contributed by atoms with Crippen molar-refractivity contribution in [2.45, 2.75) is 40.2 Å². The van der Waals surface area contributed by atoms with Crippen molar-refractivity contribution >= 4 is 11.6 Å². The van der Waals surface area contributed by atoms with Gasteiger partial charge in [0.1, 0.15) is 0 Å². The Morgan fingerprint density at radius 1 is 1.07 bits per heavy atom. The van der Waals surface area contributed by atoms with Gasteiger partial charge in [-0.3, -0.25) is 9.89 Å². The lowest BCUT2D eigenvalue weighted by Crippen LogP contribution is -2.50. The van der Waals surface area contributed by atoms with Gasteiger partial charge in [-0.25, -0.2) is 0 Å². The maximum absolute atomic E-state index is 4.85. The molecule has 1 heterocycles. The summed E-state index contributed by atoms with van der Waals surface area (Å²) in [5.41, 5.74) is 1.30. The first-order chi connectivity index (χ1) is 14.2. The minimum atomic E-state index is 0.484. The Bertz CT molecular complexity index is 568. The molecule has 1 aliphatic rings. The number of nitrogens with zero attached hydrogens (tertiary/aromatic N) is 4. The number of hydrogen-bond donors (Lipinski definition) is 2. The maximum Gasteiger partial charge on any atom is 0.191 e. The highest BCUT2D eigenvalue weighted by molar-refractivity contribution is 5.79. The van der Waals surface area contributed by atoms with Crippen LogP contribution in [0.4, 0.5) is 5.69 Å². The van der Waals surface area contributed by atoms with Crippen LogP contribution in [0.2, 0.25) is 0 Å². The fourth-order valence-corrected chi connectivity index (χ4v) is 3.79. The number of rotatable bonds is 11. The van der Waals surface area contributed by atoms with Gasteiger partial charge in [-0.1, -0.05) is 25.1 Å². The Morgan fingerprint density at radius 2 is 1.79 bits per heavy atom. The lowest BCUT2D eigenvalue weighted by molar-refractivity contribution is 0.109. The molecule has 2 rings (SSSR count). The van der Waals surface area contributed by atoms with Crippen LogP contribution in [-0.4, -0.2) is 87.2 Å². The highest BCUT2D eigenvalue weighted by Gasteiger charge is 2.19. The predicted molar refractivity (Wildman–Crippen MR) is 126 cm³/mol. The predicted octanol–water partition coefficient (Wildman–Crippen LogP) is 2.48. The van der Waals surface area contributed by atoms with E-state index in [4.69, 9.17) is 4.99 Å². The fourth-order valence-electron chi connectivity index (χ4n) is 3.79. The van der Waals surface area contributed by atoms with Crippen molar-refractivity contribution in [3.8, 4) is 0 Å². The summed E-state index contributed by atoms with van der Waals surface area (Å²) in [6.07, 6.45) is 1.08. The fraction of sp³-hybridized carbons (Fsp3) is 0.696. The monoisotopic (exact) mass is 402 g/mol. The van der Waals surface area contributed by atoms with Crippen LogP contribution < -0.4 is 15.5 Å². The summed E-state index contributed by atoms with van der Waals surface area (Å²) in [7, 11) is 0. The molecule has 1 atom stereocenters. The molecular formula is C23H42N6. The van der Waals surface area contributed by atoms with Crippen LogP contribution in [0.25, 0.3) is 0 Å². The summed E-state index contributed by atoms with van der Waals surface area (Å²) in [6, 6.07) is 11.1. The number of likely N-dealkylation sites (N-methyl/N-ethyl adjacent to an activating group) is 1. The van der Waals surface area contributed by atoms with Gasteiger partial charge in [-0.2, -0.15) is 0 Å². The molecule has 0 radical (unpaired) electrons. The van der Waals surface area contributed by atoms with Crippen LogP contribution in [0.5, 0.6) is 0 Å². The standard InChI is InChI=1S/C23H42N6/c1-5-24-23(26-20-21(4)29-18-16-27(6-2)17-19-29)25-14-11-15-28(7-3)22-12-9-8-10-13-22/h8-10,12-13,21H,5-7,11,14-20H2,1-4H3,(H2,24,25,26). The average Bonchev–Trinajstić information content (AvgIpc) is 2.77. The Morgan fingerprint density at radius 3 is 2.41 bits per heavy atom. The summed E-state index contributed by atoms with van der Waals surface area (Å²) < 4.78 is 0. The van der Waals surface area contributed by atoms with Crippen LogP contribution in [0.15, 0.2) is 35.3 Å². The first kappa shape index (κ1) is 23.5. The number of hydrogen-bond acceptors (Lipinski definition) is 4. The Labute approximate surface area is 178 Å². The maximum atomic E-state index is 4.85. The lowest BCUT2D eigenvalue weighted by Gasteiger charge is -2.37. The second-order valence-electron chi connectivity index (χ2n) is 7.73. The molecule has 0 aliphatic carbocycles. The molecule has 164 valence electrons. The molecule has 0 saturated carbocycles. The lowest BCUT2D eigenvalue weighted by atomic mass is 10.2. The largest absolute Gasteiger partial charge is 0.372 e. The van der Waals surface area contributed by atoms with Crippen LogP contribution in [0.3, 0.4) is 0 Å². The third-order valence-electron chi connectivity index (χ3n) is 5.74. The zero-order chi connectivity index (χ0) is 20.9. The molecule has 1 fully saturated rings. The summed E-state index contributed by atoms with van der Waals surface area (Å²) >= 11 is 0. The van der Waals surface area contributed by atoms with Crippen LogP contribution in [-0.2, 0) is 0 Å². The van der Waals surface area contributed by atoms with Crippen molar-refractivity contribution in [1.82, 2.24) is 20.4 Å². The third-order valence-corrected chi connectivity index (χ3v) is 5.74. The number of guanidine groups is 1. The van der Waals surface area contributed by atoms with Crippen molar-refractivity contribution < 1.29 is 0 Å².